The topological polar surface area (TPSA) is 41.1 Å². The molecule has 3 heteroatoms. The van der Waals surface area contributed by atoms with Crippen LogP contribution < -0.4 is 0 Å². The molecule has 4 aromatic carbocycles. The number of benzene rings is 4. The van der Waals surface area contributed by atoms with Gasteiger partial charge in [0.15, 0.2) is 0 Å². The molecule has 0 saturated heterocycles. The number of allylic oxidation sites excluding steroid dienone is 2. The maximum absolute atomic E-state index is 9.67. The average molecular weight is 502 g/mol. The first-order valence-electron chi connectivity index (χ1n) is 13.5. The van der Waals surface area contributed by atoms with Crippen LogP contribution in [0.4, 0.5) is 0 Å². The molecule has 1 aliphatic carbocycles. The normalized spacial score (nSPS) is 13.2. The molecule has 0 radical (unpaired) electrons. The molecule has 0 amide bonds. The molecule has 1 aliphatic rings. The van der Waals surface area contributed by atoms with Gasteiger partial charge in [-0.2, -0.15) is 5.26 Å². The molecule has 0 saturated carbocycles. The summed E-state index contributed by atoms with van der Waals surface area (Å²) in [6.07, 6.45) is 7.83. The molecule has 186 valence electrons. The van der Waals surface area contributed by atoms with Crippen LogP contribution in [0.3, 0.4) is 0 Å². The van der Waals surface area contributed by atoms with Gasteiger partial charge in [0, 0.05) is 11.0 Å². The van der Waals surface area contributed by atoms with Crippen LogP contribution in [-0.2, 0) is 6.42 Å². The van der Waals surface area contributed by atoms with Crippen LogP contribution in [0.1, 0.15) is 36.0 Å². The molecule has 39 heavy (non-hydrogen) atoms. The molecule has 2 heterocycles. The third kappa shape index (κ3) is 3.76. The van der Waals surface area contributed by atoms with Gasteiger partial charge in [-0.3, -0.25) is 4.40 Å². The number of hydrogen-bond donors (Lipinski definition) is 0. The number of aryl methyl sites for hydroxylation is 2. The number of pyridine rings is 1. The van der Waals surface area contributed by atoms with E-state index in [-0.39, 0.29) is 0 Å². The van der Waals surface area contributed by atoms with Gasteiger partial charge in [-0.15, -0.1) is 0 Å². The molecule has 6 aromatic rings. The van der Waals surface area contributed by atoms with Crippen LogP contribution in [0.2, 0.25) is 0 Å². The summed E-state index contributed by atoms with van der Waals surface area (Å²) >= 11 is 0. The van der Waals surface area contributed by atoms with E-state index in [1.165, 1.54) is 44.0 Å². The van der Waals surface area contributed by atoms with E-state index in [4.69, 9.17) is 4.98 Å². The summed E-state index contributed by atoms with van der Waals surface area (Å²) in [6, 6.07) is 33.1. The Labute approximate surface area is 228 Å². The van der Waals surface area contributed by atoms with Gasteiger partial charge in [-0.1, -0.05) is 78.9 Å². The summed E-state index contributed by atoms with van der Waals surface area (Å²) in [7, 11) is 0. The minimum atomic E-state index is 0.765. The number of aromatic nitrogens is 2. The van der Waals surface area contributed by atoms with Crippen molar-refractivity contribution in [3.63, 3.8) is 0 Å². The second-order valence-electron chi connectivity index (χ2n) is 10.3. The lowest BCUT2D eigenvalue weighted by atomic mass is 9.90. The molecule has 0 spiro atoms. The Bertz CT molecular complexity index is 2030. The second kappa shape index (κ2) is 9.11. The monoisotopic (exact) mass is 501 g/mol. The van der Waals surface area contributed by atoms with Gasteiger partial charge < -0.3 is 0 Å². The summed E-state index contributed by atoms with van der Waals surface area (Å²) in [4.78, 5) is 4.99. The van der Waals surface area contributed by atoms with E-state index in [2.05, 4.69) is 121 Å². The molecule has 0 bridgehead atoms. The number of rotatable bonds is 3. The minimum Gasteiger partial charge on any atom is -0.292 e. The van der Waals surface area contributed by atoms with Gasteiger partial charge in [-0.25, -0.2) is 4.98 Å². The Morgan fingerprint density at radius 1 is 0.795 bits per heavy atom. The smallest absolute Gasteiger partial charge is 0.145 e. The molecule has 0 atom stereocenters. The van der Waals surface area contributed by atoms with Crippen molar-refractivity contribution in [2.75, 3.05) is 0 Å². The maximum Gasteiger partial charge on any atom is 0.145 e. The van der Waals surface area contributed by atoms with Crippen molar-refractivity contribution < 1.29 is 0 Å². The lowest BCUT2D eigenvalue weighted by Crippen LogP contribution is -2.07. The molecule has 3 nitrogen and oxygen atoms in total. The maximum atomic E-state index is 9.67. The zero-order chi connectivity index (χ0) is 26.5. The summed E-state index contributed by atoms with van der Waals surface area (Å²) in [5.41, 5.74) is 11.0. The molecule has 0 unspecified atom stereocenters. The van der Waals surface area contributed by atoms with Crippen LogP contribution in [-0.4, -0.2) is 9.38 Å². The van der Waals surface area contributed by atoms with Gasteiger partial charge in [-0.05, 0) is 94.9 Å². The standard InChI is InChI=1S/C36H27N3/c1-3-6-34-23(2)38-36-32-18-16-30(21-33(32)31-17-9-24(22-37)19-35(31)39(34)36)27-12-10-26(11-13-27)29-15-14-25-7-4-5-8-28(25)20-29/h3-8,10-16,18-21H,9,17H2,1-2H3/b6-3-. The Balaban J connectivity index is 1.37. The van der Waals surface area contributed by atoms with E-state index in [1.54, 1.807) is 0 Å². The Morgan fingerprint density at radius 2 is 1.49 bits per heavy atom. The van der Waals surface area contributed by atoms with Gasteiger partial charge in [0.05, 0.1) is 23.2 Å². The first-order chi connectivity index (χ1) is 19.1. The second-order valence-corrected chi connectivity index (χ2v) is 10.3. The molecule has 0 N–H and O–H groups in total. The van der Waals surface area contributed by atoms with Crippen molar-refractivity contribution in [3.8, 4) is 28.3 Å². The van der Waals surface area contributed by atoms with Gasteiger partial charge in [0.1, 0.15) is 5.65 Å². The Hall–Kier alpha value is -4.94. The highest BCUT2D eigenvalue weighted by atomic mass is 15.0. The Morgan fingerprint density at radius 3 is 2.23 bits per heavy atom. The zero-order valence-corrected chi connectivity index (χ0v) is 22.1. The number of imidazole rings is 1. The number of nitriles is 1. The van der Waals surface area contributed by atoms with Crippen molar-refractivity contribution in [2.24, 2.45) is 0 Å². The number of hydrogen-bond acceptors (Lipinski definition) is 2. The predicted octanol–water partition coefficient (Wildman–Crippen LogP) is 9.17. The van der Waals surface area contributed by atoms with Crippen molar-refractivity contribution >= 4 is 39.3 Å². The highest BCUT2D eigenvalue weighted by molar-refractivity contribution is 6.01. The third-order valence-corrected chi connectivity index (χ3v) is 7.96. The first-order valence-corrected chi connectivity index (χ1v) is 13.5. The van der Waals surface area contributed by atoms with Gasteiger partial charge in [0.2, 0.25) is 0 Å². The van der Waals surface area contributed by atoms with Crippen LogP contribution in [0.15, 0.2) is 96.6 Å². The van der Waals surface area contributed by atoms with E-state index in [1.807, 2.05) is 6.92 Å². The SMILES string of the molecule is C/C=C\c1c(C)nc2c3ccc(-c4ccc(-c5ccc6ccccc6c5)cc4)cc3c3c(n12)C=C(C#N)CC3. The largest absolute Gasteiger partial charge is 0.292 e. The van der Waals surface area contributed by atoms with E-state index in [0.717, 1.165) is 46.5 Å². The van der Waals surface area contributed by atoms with Crippen molar-refractivity contribution in [2.45, 2.75) is 26.7 Å². The zero-order valence-electron chi connectivity index (χ0n) is 22.1. The lowest BCUT2D eigenvalue weighted by Gasteiger charge is -2.19. The van der Waals surface area contributed by atoms with E-state index >= 15 is 0 Å². The molecular formula is C36H27N3. The molecule has 2 aromatic heterocycles. The van der Waals surface area contributed by atoms with E-state index in [0.29, 0.717) is 0 Å². The summed E-state index contributed by atoms with van der Waals surface area (Å²) in [6.45, 7) is 4.09. The molecule has 0 fully saturated rings. The van der Waals surface area contributed by atoms with E-state index in [9.17, 15) is 5.26 Å². The number of nitrogens with zero attached hydrogens (tertiary/aromatic N) is 3. The first kappa shape index (κ1) is 23.2. The third-order valence-electron chi connectivity index (χ3n) is 7.96. The van der Waals surface area contributed by atoms with Crippen LogP contribution in [0.5, 0.6) is 0 Å². The van der Waals surface area contributed by atoms with Crippen LogP contribution in [0.25, 0.3) is 61.6 Å². The molecule has 0 aliphatic heterocycles. The highest BCUT2D eigenvalue weighted by Gasteiger charge is 2.22. The molecule has 7 rings (SSSR count). The van der Waals surface area contributed by atoms with Crippen LogP contribution >= 0.6 is 0 Å². The van der Waals surface area contributed by atoms with Crippen molar-refractivity contribution in [3.05, 3.63) is 119 Å². The quantitative estimate of drug-likeness (QED) is 0.242. The van der Waals surface area contributed by atoms with Crippen molar-refractivity contribution in [1.82, 2.24) is 9.38 Å². The molecular weight excluding hydrogens is 474 g/mol. The summed E-state index contributed by atoms with van der Waals surface area (Å²) in [5, 5.41) is 14.6. The summed E-state index contributed by atoms with van der Waals surface area (Å²) < 4.78 is 2.24. The summed E-state index contributed by atoms with van der Waals surface area (Å²) in [5.74, 6) is 0. The fraction of sp³-hybridized carbons (Fsp3) is 0.111. The van der Waals surface area contributed by atoms with Crippen LogP contribution in [0, 0.1) is 18.3 Å². The predicted molar refractivity (Wildman–Crippen MR) is 162 cm³/mol. The Kier molecular flexibility index (Phi) is 5.42. The van der Waals surface area contributed by atoms with E-state index < -0.39 is 0 Å². The minimum absolute atomic E-state index is 0.765. The average Bonchev–Trinajstić information content (AvgIpc) is 3.32. The highest BCUT2D eigenvalue weighted by Crippen LogP contribution is 2.37. The van der Waals surface area contributed by atoms with Gasteiger partial charge in [0.25, 0.3) is 0 Å². The fourth-order valence-corrected chi connectivity index (χ4v) is 5.98. The number of fused-ring (bicyclic) bond motifs is 7. The lowest BCUT2D eigenvalue weighted by molar-refractivity contribution is 0.933. The van der Waals surface area contributed by atoms with Crippen molar-refractivity contribution in [1.29, 1.82) is 5.26 Å². The van der Waals surface area contributed by atoms with Gasteiger partial charge >= 0.3 is 0 Å². The fourth-order valence-electron chi connectivity index (χ4n) is 5.98.